The summed E-state index contributed by atoms with van der Waals surface area (Å²) >= 11 is 0. The number of carbonyl (C=O) groups is 2. The van der Waals surface area contributed by atoms with Crippen molar-refractivity contribution in [2.24, 2.45) is 11.3 Å². The number of ketones is 1. The van der Waals surface area contributed by atoms with Crippen molar-refractivity contribution in [3.63, 3.8) is 0 Å². The van der Waals surface area contributed by atoms with Crippen molar-refractivity contribution < 1.29 is 19.2 Å². The van der Waals surface area contributed by atoms with Crippen molar-refractivity contribution in [1.29, 1.82) is 5.41 Å². The predicted molar refractivity (Wildman–Crippen MR) is 128 cm³/mol. The molecule has 2 aromatic carbocycles. The molecule has 0 fully saturated rings. The summed E-state index contributed by atoms with van der Waals surface area (Å²) in [6, 6.07) is 15.2. The highest BCUT2D eigenvalue weighted by Gasteiger charge is 2.51. The van der Waals surface area contributed by atoms with E-state index >= 15 is 0 Å². The van der Waals surface area contributed by atoms with Crippen molar-refractivity contribution in [2.75, 3.05) is 11.5 Å². The molecule has 2 aliphatic rings. The molecular formula is C26H27N3O5. The number of nitrogens with one attached hydrogen (secondary N) is 1. The van der Waals surface area contributed by atoms with Crippen LogP contribution in [-0.4, -0.2) is 29.1 Å². The SMILES string of the molecule is CCOC(=O)C1C(=N)N(c2ccccc2)C2=C(C(=O)CC(C)(C)C2)C1c1cccc([N+](=O)[O-])c1. The second-order valence-electron chi connectivity index (χ2n) is 9.42. The van der Waals surface area contributed by atoms with Crippen LogP contribution in [0.25, 0.3) is 0 Å². The lowest BCUT2D eigenvalue weighted by Crippen LogP contribution is -2.51. The van der Waals surface area contributed by atoms with Gasteiger partial charge in [0.15, 0.2) is 5.78 Å². The molecule has 0 bridgehead atoms. The second-order valence-corrected chi connectivity index (χ2v) is 9.42. The van der Waals surface area contributed by atoms with Gasteiger partial charge in [-0.05, 0) is 36.5 Å². The molecule has 0 radical (unpaired) electrons. The Bertz CT molecular complexity index is 1200. The molecule has 34 heavy (non-hydrogen) atoms. The van der Waals surface area contributed by atoms with Gasteiger partial charge in [-0.15, -0.1) is 0 Å². The molecule has 0 spiro atoms. The Hall–Kier alpha value is -3.81. The predicted octanol–water partition coefficient (Wildman–Crippen LogP) is 5.00. The highest BCUT2D eigenvalue weighted by Crippen LogP contribution is 2.50. The van der Waals surface area contributed by atoms with Gasteiger partial charge < -0.3 is 9.64 Å². The zero-order valence-corrected chi connectivity index (χ0v) is 19.4. The number of hydrogen-bond acceptors (Lipinski definition) is 6. The zero-order chi connectivity index (χ0) is 24.6. The number of esters is 1. The number of non-ortho nitro benzene ring substituents is 1. The molecule has 2 atom stereocenters. The fourth-order valence-electron chi connectivity index (χ4n) is 5.01. The number of rotatable bonds is 5. The van der Waals surface area contributed by atoms with Crippen LogP contribution < -0.4 is 4.90 Å². The summed E-state index contributed by atoms with van der Waals surface area (Å²) in [5.41, 5.74) is 1.74. The van der Waals surface area contributed by atoms with Crippen molar-refractivity contribution in [2.45, 2.75) is 39.5 Å². The van der Waals surface area contributed by atoms with E-state index in [9.17, 15) is 19.7 Å². The van der Waals surface area contributed by atoms with Gasteiger partial charge in [-0.25, -0.2) is 0 Å². The van der Waals surface area contributed by atoms with E-state index in [4.69, 9.17) is 10.1 Å². The summed E-state index contributed by atoms with van der Waals surface area (Å²) in [5.74, 6) is -2.72. The third kappa shape index (κ3) is 4.11. The summed E-state index contributed by atoms with van der Waals surface area (Å²) in [6.07, 6.45) is 0.801. The number of benzene rings is 2. The third-order valence-electron chi connectivity index (χ3n) is 6.34. The molecule has 8 nitrogen and oxygen atoms in total. The Morgan fingerprint density at radius 3 is 2.53 bits per heavy atom. The van der Waals surface area contributed by atoms with Crippen molar-refractivity contribution >= 4 is 29.0 Å². The maximum Gasteiger partial charge on any atom is 0.317 e. The first-order valence-corrected chi connectivity index (χ1v) is 11.3. The van der Waals surface area contributed by atoms with Gasteiger partial charge in [0.25, 0.3) is 5.69 Å². The maximum absolute atomic E-state index is 13.6. The lowest BCUT2D eigenvalue weighted by molar-refractivity contribution is -0.384. The molecular weight excluding hydrogens is 434 g/mol. The van der Waals surface area contributed by atoms with Crippen molar-refractivity contribution in [3.8, 4) is 0 Å². The van der Waals surface area contributed by atoms with Crippen LogP contribution >= 0.6 is 0 Å². The van der Waals surface area contributed by atoms with Crippen LogP contribution in [0.15, 0.2) is 65.9 Å². The van der Waals surface area contributed by atoms with E-state index in [1.807, 2.05) is 44.2 Å². The molecule has 0 saturated heterocycles. The largest absolute Gasteiger partial charge is 0.465 e. The molecule has 176 valence electrons. The van der Waals surface area contributed by atoms with Crippen molar-refractivity contribution in [3.05, 3.63) is 81.5 Å². The average molecular weight is 462 g/mol. The van der Waals surface area contributed by atoms with E-state index in [0.717, 1.165) is 0 Å². The summed E-state index contributed by atoms with van der Waals surface area (Å²) < 4.78 is 5.35. The van der Waals surface area contributed by atoms with E-state index in [1.54, 1.807) is 24.0 Å². The standard InChI is InChI=1S/C26H27N3O5/c1-4-34-25(31)23-21(16-9-8-12-18(13-16)29(32)33)22-19(14-26(2,3)15-20(22)30)28(24(23)27)17-10-6-5-7-11-17/h5-13,21,23,27H,4,14-15H2,1-3H3. The molecule has 0 saturated carbocycles. The number of anilines is 1. The van der Waals surface area contributed by atoms with Gasteiger partial charge in [0, 0.05) is 41.4 Å². The molecule has 0 aromatic heterocycles. The summed E-state index contributed by atoms with van der Waals surface area (Å²) in [5, 5.41) is 20.6. The fourth-order valence-corrected chi connectivity index (χ4v) is 5.01. The smallest absolute Gasteiger partial charge is 0.317 e. The summed E-state index contributed by atoms with van der Waals surface area (Å²) in [4.78, 5) is 39.5. The van der Waals surface area contributed by atoms with Gasteiger partial charge in [-0.3, -0.25) is 25.1 Å². The van der Waals surface area contributed by atoms with Gasteiger partial charge >= 0.3 is 5.97 Å². The first kappa shape index (κ1) is 23.4. The fraction of sp³-hybridized carbons (Fsp3) is 0.346. The lowest BCUT2D eigenvalue weighted by Gasteiger charge is -2.46. The highest BCUT2D eigenvalue weighted by atomic mass is 16.6. The molecule has 1 heterocycles. The summed E-state index contributed by atoms with van der Waals surface area (Å²) in [6.45, 7) is 5.80. The van der Waals surface area contributed by atoms with Gasteiger partial charge in [-0.1, -0.05) is 44.2 Å². The molecule has 8 heteroatoms. The Morgan fingerprint density at radius 1 is 1.18 bits per heavy atom. The van der Waals surface area contributed by atoms with E-state index in [-0.39, 0.29) is 35.7 Å². The number of nitro groups is 1. The van der Waals surface area contributed by atoms with Crippen LogP contribution in [0.1, 0.15) is 45.1 Å². The third-order valence-corrected chi connectivity index (χ3v) is 6.34. The quantitative estimate of drug-likeness (QED) is 0.381. The molecule has 1 aliphatic carbocycles. The number of allylic oxidation sites excluding steroid dienone is 2. The number of Topliss-reactive ketones (excluding diaryl/α,β-unsaturated/α-hetero) is 1. The van der Waals surface area contributed by atoms with Gasteiger partial charge in [0.2, 0.25) is 0 Å². The number of para-hydroxylation sites is 1. The number of nitrogens with zero attached hydrogens (tertiary/aromatic N) is 2. The molecule has 2 aromatic rings. The molecule has 1 N–H and O–H groups in total. The molecule has 1 aliphatic heterocycles. The number of ether oxygens (including phenoxy) is 1. The summed E-state index contributed by atoms with van der Waals surface area (Å²) in [7, 11) is 0. The lowest BCUT2D eigenvalue weighted by atomic mass is 9.66. The van der Waals surface area contributed by atoms with Crippen LogP contribution in [0.5, 0.6) is 0 Å². The minimum atomic E-state index is -1.12. The van der Waals surface area contributed by atoms with E-state index < -0.39 is 22.7 Å². The van der Waals surface area contributed by atoms with Gasteiger partial charge in [0.1, 0.15) is 11.8 Å². The number of amidine groups is 1. The van der Waals surface area contributed by atoms with Gasteiger partial charge in [0.05, 0.1) is 11.5 Å². The van der Waals surface area contributed by atoms with Crippen LogP contribution in [0, 0.1) is 26.9 Å². The first-order chi connectivity index (χ1) is 16.1. The number of nitro benzene ring substituents is 1. The number of carbonyl (C=O) groups excluding carboxylic acids is 2. The molecule has 0 amide bonds. The Kier molecular flexibility index (Phi) is 6.08. The van der Waals surface area contributed by atoms with E-state index in [1.165, 1.54) is 12.1 Å². The zero-order valence-electron chi connectivity index (χ0n) is 19.4. The minimum Gasteiger partial charge on any atom is -0.465 e. The Morgan fingerprint density at radius 2 is 1.88 bits per heavy atom. The van der Waals surface area contributed by atoms with Crippen LogP contribution in [-0.2, 0) is 14.3 Å². The maximum atomic E-state index is 13.6. The molecule has 2 unspecified atom stereocenters. The van der Waals surface area contributed by atoms with Crippen LogP contribution in [0.2, 0.25) is 0 Å². The van der Waals surface area contributed by atoms with Crippen LogP contribution in [0.4, 0.5) is 11.4 Å². The highest BCUT2D eigenvalue weighted by molar-refractivity contribution is 6.16. The monoisotopic (exact) mass is 461 g/mol. The minimum absolute atomic E-state index is 0.00888. The van der Waals surface area contributed by atoms with Gasteiger partial charge in [-0.2, -0.15) is 0 Å². The van der Waals surface area contributed by atoms with Crippen molar-refractivity contribution in [1.82, 2.24) is 0 Å². The van der Waals surface area contributed by atoms with E-state index in [2.05, 4.69) is 0 Å². The average Bonchev–Trinajstić information content (AvgIpc) is 2.78. The molecule has 4 rings (SSSR count). The Labute approximate surface area is 197 Å². The normalized spacial score (nSPS) is 21.8. The van der Waals surface area contributed by atoms with E-state index in [0.29, 0.717) is 28.9 Å². The number of hydrogen-bond donors (Lipinski definition) is 1. The topological polar surface area (TPSA) is 114 Å². The van der Waals surface area contributed by atoms with Crippen LogP contribution in [0.3, 0.4) is 0 Å². The first-order valence-electron chi connectivity index (χ1n) is 11.3. The Balaban J connectivity index is 2.01. The second kappa shape index (κ2) is 8.85.